The Morgan fingerprint density at radius 2 is 1.83 bits per heavy atom. The predicted octanol–water partition coefficient (Wildman–Crippen LogP) is 1.83. The molecule has 2 aliphatic heterocycles. The topological polar surface area (TPSA) is 94.2 Å². The van der Waals surface area contributed by atoms with Crippen LogP contribution in [-0.2, 0) is 14.4 Å². The van der Waals surface area contributed by atoms with E-state index in [4.69, 9.17) is 16.3 Å². The van der Waals surface area contributed by atoms with Gasteiger partial charge in [0.25, 0.3) is 0 Å². The Morgan fingerprint density at radius 3 is 2.51 bits per heavy atom. The Kier molecular flexibility index (Phi) is 8.09. The van der Waals surface area contributed by atoms with Crippen molar-refractivity contribution in [1.82, 2.24) is 15.1 Å². The van der Waals surface area contributed by atoms with E-state index in [0.717, 1.165) is 37.6 Å². The van der Waals surface area contributed by atoms with Gasteiger partial charge in [-0.15, -0.1) is 0 Å². The third-order valence-corrected chi connectivity index (χ3v) is 6.54. The number of methoxy groups -OCH3 is 1. The van der Waals surface area contributed by atoms with Crippen LogP contribution in [0.15, 0.2) is 48.5 Å². The minimum absolute atomic E-state index is 0.116. The minimum atomic E-state index is -0.837. The Bertz CT molecular complexity index is 1060. The van der Waals surface area contributed by atoms with E-state index >= 15 is 0 Å². The predicted molar refractivity (Wildman–Crippen MR) is 135 cm³/mol. The monoisotopic (exact) mass is 499 g/mol. The van der Waals surface area contributed by atoms with Crippen molar-refractivity contribution in [2.75, 3.05) is 63.1 Å². The van der Waals surface area contributed by atoms with Crippen molar-refractivity contribution in [3.63, 3.8) is 0 Å². The lowest BCUT2D eigenvalue weighted by molar-refractivity contribution is -0.145. The van der Waals surface area contributed by atoms with E-state index in [1.54, 1.807) is 31.4 Å². The SMILES string of the molecule is COc1ccc(N2CCN(CC(=O)N3CCNC(=O)[C@H]3CC(=O)Nc3cccc(Cl)c3)CC2)cc1. The molecule has 35 heavy (non-hydrogen) atoms. The van der Waals surface area contributed by atoms with Gasteiger partial charge in [-0.3, -0.25) is 19.3 Å². The van der Waals surface area contributed by atoms with Crippen LogP contribution >= 0.6 is 11.6 Å². The first kappa shape index (κ1) is 24.8. The largest absolute Gasteiger partial charge is 0.497 e. The molecule has 2 heterocycles. The van der Waals surface area contributed by atoms with Crippen molar-refractivity contribution >= 4 is 40.7 Å². The highest BCUT2D eigenvalue weighted by atomic mass is 35.5. The van der Waals surface area contributed by atoms with Crippen LogP contribution in [0.5, 0.6) is 5.75 Å². The first-order valence-corrected chi connectivity index (χ1v) is 12.0. The number of anilines is 2. The summed E-state index contributed by atoms with van der Waals surface area (Å²) in [7, 11) is 1.65. The summed E-state index contributed by atoms with van der Waals surface area (Å²) in [6.07, 6.45) is -0.116. The molecular weight excluding hydrogens is 470 g/mol. The smallest absolute Gasteiger partial charge is 0.243 e. The standard InChI is InChI=1S/C25H30ClN5O4/c1-35-21-7-5-20(6-8-21)30-13-11-29(12-14-30)17-24(33)31-10-9-27-25(34)22(31)16-23(32)28-19-4-2-3-18(26)15-19/h2-8,15,22H,9-14,16-17H2,1H3,(H,27,34)(H,28,32)/t22-/m1/s1. The lowest BCUT2D eigenvalue weighted by Crippen LogP contribution is -2.60. The van der Waals surface area contributed by atoms with E-state index in [9.17, 15) is 14.4 Å². The maximum absolute atomic E-state index is 13.2. The van der Waals surface area contributed by atoms with Gasteiger partial charge >= 0.3 is 0 Å². The number of piperazine rings is 2. The van der Waals surface area contributed by atoms with Crippen LogP contribution in [0.25, 0.3) is 0 Å². The fourth-order valence-electron chi connectivity index (χ4n) is 4.41. The molecule has 1 atom stereocenters. The zero-order valence-corrected chi connectivity index (χ0v) is 20.5. The van der Waals surface area contributed by atoms with Crippen LogP contribution in [0, 0.1) is 0 Å². The summed E-state index contributed by atoms with van der Waals surface area (Å²) in [5, 5.41) is 6.02. The first-order chi connectivity index (χ1) is 16.9. The summed E-state index contributed by atoms with van der Waals surface area (Å²) in [5.74, 6) is 0.0213. The summed E-state index contributed by atoms with van der Waals surface area (Å²) in [6.45, 7) is 4.04. The summed E-state index contributed by atoms with van der Waals surface area (Å²) >= 11 is 5.98. The van der Waals surface area contributed by atoms with Crippen LogP contribution in [0.4, 0.5) is 11.4 Å². The molecule has 0 unspecified atom stereocenters. The van der Waals surface area contributed by atoms with Crippen molar-refractivity contribution in [3.05, 3.63) is 53.6 Å². The fourth-order valence-corrected chi connectivity index (χ4v) is 4.60. The Morgan fingerprint density at radius 1 is 1.09 bits per heavy atom. The highest BCUT2D eigenvalue weighted by Crippen LogP contribution is 2.21. The van der Waals surface area contributed by atoms with Crippen molar-refractivity contribution in [2.24, 2.45) is 0 Å². The fraction of sp³-hybridized carbons (Fsp3) is 0.400. The minimum Gasteiger partial charge on any atom is -0.497 e. The molecule has 2 N–H and O–H groups in total. The zero-order chi connectivity index (χ0) is 24.8. The van der Waals surface area contributed by atoms with Crippen molar-refractivity contribution in [2.45, 2.75) is 12.5 Å². The number of nitrogens with one attached hydrogen (secondary N) is 2. The lowest BCUT2D eigenvalue weighted by atomic mass is 10.1. The molecule has 0 radical (unpaired) electrons. The third kappa shape index (κ3) is 6.43. The van der Waals surface area contributed by atoms with Crippen LogP contribution in [0.2, 0.25) is 5.02 Å². The number of amides is 3. The van der Waals surface area contributed by atoms with Crippen molar-refractivity contribution in [3.8, 4) is 5.75 Å². The van der Waals surface area contributed by atoms with Gasteiger partial charge in [-0.05, 0) is 42.5 Å². The summed E-state index contributed by atoms with van der Waals surface area (Å²) in [6, 6.07) is 13.9. The van der Waals surface area contributed by atoms with E-state index in [1.807, 2.05) is 24.3 Å². The zero-order valence-electron chi connectivity index (χ0n) is 19.7. The first-order valence-electron chi connectivity index (χ1n) is 11.7. The number of nitrogens with zero attached hydrogens (tertiary/aromatic N) is 3. The number of benzene rings is 2. The van der Waals surface area contributed by atoms with Gasteiger partial charge in [0.2, 0.25) is 17.7 Å². The van der Waals surface area contributed by atoms with E-state index in [2.05, 4.69) is 20.4 Å². The maximum atomic E-state index is 13.2. The third-order valence-electron chi connectivity index (χ3n) is 6.31. The molecule has 2 aromatic rings. The number of hydrogen-bond donors (Lipinski definition) is 2. The molecule has 3 amide bonds. The van der Waals surface area contributed by atoms with Gasteiger partial charge in [0.05, 0.1) is 20.1 Å². The molecule has 0 aromatic heterocycles. The van der Waals surface area contributed by atoms with Gasteiger partial charge in [-0.2, -0.15) is 0 Å². The quantitative estimate of drug-likeness (QED) is 0.603. The number of ether oxygens (including phenoxy) is 1. The van der Waals surface area contributed by atoms with E-state index in [1.165, 1.54) is 4.90 Å². The van der Waals surface area contributed by atoms with Gasteiger partial charge < -0.3 is 25.2 Å². The Labute approximate surface area is 210 Å². The van der Waals surface area contributed by atoms with Gasteiger partial charge in [-0.25, -0.2) is 0 Å². The van der Waals surface area contributed by atoms with Crippen molar-refractivity contribution < 1.29 is 19.1 Å². The number of hydrogen-bond acceptors (Lipinski definition) is 6. The molecule has 2 aromatic carbocycles. The molecule has 0 bridgehead atoms. The lowest BCUT2D eigenvalue weighted by Gasteiger charge is -2.39. The maximum Gasteiger partial charge on any atom is 0.243 e. The highest BCUT2D eigenvalue weighted by Gasteiger charge is 2.35. The molecule has 0 spiro atoms. The van der Waals surface area contributed by atoms with Gasteiger partial charge in [0, 0.05) is 55.7 Å². The Balaban J connectivity index is 1.31. The number of carbonyl (C=O) groups excluding carboxylic acids is 3. The second kappa shape index (κ2) is 11.4. The summed E-state index contributed by atoms with van der Waals surface area (Å²) in [4.78, 5) is 44.2. The molecule has 186 valence electrons. The van der Waals surface area contributed by atoms with Crippen LogP contribution in [0.1, 0.15) is 6.42 Å². The second-order valence-electron chi connectivity index (χ2n) is 8.62. The average Bonchev–Trinajstić information content (AvgIpc) is 2.86. The highest BCUT2D eigenvalue weighted by molar-refractivity contribution is 6.30. The molecule has 0 aliphatic carbocycles. The van der Waals surface area contributed by atoms with E-state index in [0.29, 0.717) is 23.8 Å². The second-order valence-corrected chi connectivity index (χ2v) is 9.05. The van der Waals surface area contributed by atoms with Crippen molar-refractivity contribution in [1.29, 1.82) is 0 Å². The number of rotatable bonds is 7. The molecule has 9 nitrogen and oxygen atoms in total. The average molecular weight is 500 g/mol. The van der Waals surface area contributed by atoms with Crippen LogP contribution < -0.4 is 20.3 Å². The van der Waals surface area contributed by atoms with Gasteiger partial charge in [0.15, 0.2) is 0 Å². The van der Waals surface area contributed by atoms with E-state index in [-0.39, 0.29) is 30.7 Å². The molecule has 2 saturated heterocycles. The summed E-state index contributed by atoms with van der Waals surface area (Å²) in [5.41, 5.74) is 1.67. The Hall–Kier alpha value is -3.30. The van der Waals surface area contributed by atoms with E-state index < -0.39 is 6.04 Å². The van der Waals surface area contributed by atoms with Crippen LogP contribution in [-0.4, -0.2) is 86.5 Å². The van der Waals surface area contributed by atoms with Gasteiger partial charge in [0.1, 0.15) is 11.8 Å². The molecule has 2 fully saturated rings. The normalized spacial score (nSPS) is 18.7. The molecule has 10 heteroatoms. The molecule has 2 aliphatic rings. The van der Waals surface area contributed by atoms with Crippen LogP contribution in [0.3, 0.4) is 0 Å². The van der Waals surface area contributed by atoms with Gasteiger partial charge in [-0.1, -0.05) is 17.7 Å². The number of halogens is 1. The molecular formula is C25H30ClN5O4. The summed E-state index contributed by atoms with van der Waals surface area (Å²) < 4.78 is 5.22. The number of carbonyl (C=O) groups is 3. The molecule has 4 rings (SSSR count). The molecule has 0 saturated carbocycles.